The number of anilines is 1. The molecule has 148 valence electrons. The Morgan fingerprint density at radius 1 is 1.03 bits per heavy atom. The number of benzene rings is 2. The number of pyridine rings is 1. The minimum atomic E-state index is -1.16. The summed E-state index contributed by atoms with van der Waals surface area (Å²) >= 11 is 5.76. The number of hydrogen-bond acceptors (Lipinski definition) is 5. The number of aromatic nitrogens is 1. The number of carbonyl (C=O) groups excluding carboxylic acids is 2. The Morgan fingerprint density at radius 2 is 1.76 bits per heavy atom. The van der Waals surface area contributed by atoms with Gasteiger partial charge >= 0.3 is 5.97 Å². The van der Waals surface area contributed by atoms with Crippen LogP contribution in [0.3, 0.4) is 0 Å². The van der Waals surface area contributed by atoms with Crippen LogP contribution in [0.1, 0.15) is 28.9 Å². The Kier molecular flexibility index (Phi) is 6.81. The number of ether oxygens (including phenoxy) is 2. The van der Waals surface area contributed by atoms with Gasteiger partial charge in [0.15, 0.2) is 0 Å². The van der Waals surface area contributed by atoms with Gasteiger partial charge in [-0.2, -0.15) is 0 Å². The van der Waals surface area contributed by atoms with Gasteiger partial charge in [0.25, 0.3) is 5.91 Å². The van der Waals surface area contributed by atoms with Crippen LogP contribution in [-0.4, -0.2) is 23.5 Å². The lowest BCUT2D eigenvalue weighted by Gasteiger charge is -2.19. The molecule has 0 aliphatic carbocycles. The van der Waals surface area contributed by atoms with Crippen molar-refractivity contribution >= 4 is 29.2 Å². The van der Waals surface area contributed by atoms with Crippen LogP contribution >= 0.6 is 11.6 Å². The maximum absolute atomic E-state index is 13.0. The lowest BCUT2D eigenvalue weighted by molar-refractivity contribution is -0.125. The van der Waals surface area contributed by atoms with E-state index in [9.17, 15) is 9.59 Å². The monoisotopic (exact) mass is 410 g/mol. The third kappa shape index (κ3) is 5.33. The average molecular weight is 411 g/mol. The van der Waals surface area contributed by atoms with Crippen LogP contribution in [-0.2, 0) is 9.53 Å². The number of hydrogen-bond donors (Lipinski definition) is 1. The highest BCUT2D eigenvalue weighted by atomic mass is 35.5. The first kappa shape index (κ1) is 20.4. The van der Waals surface area contributed by atoms with Gasteiger partial charge in [-0.15, -0.1) is 0 Å². The van der Waals surface area contributed by atoms with E-state index in [0.717, 1.165) is 0 Å². The summed E-state index contributed by atoms with van der Waals surface area (Å²) in [5, 5.41) is 3.04. The van der Waals surface area contributed by atoms with Crippen LogP contribution in [0.25, 0.3) is 0 Å². The maximum atomic E-state index is 13.0. The SMILES string of the molecule is CCOc1ccccc1NC(=O)[C@H](OC(=O)c1ccc(Cl)nc1)c1ccccc1. The zero-order valence-electron chi connectivity index (χ0n) is 15.7. The minimum absolute atomic E-state index is 0.192. The van der Waals surface area contributed by atoms with Crippen molar-refractivity contribution in [3.8, 4) is 5.75 Å². The molecule has 1 heterocycles. The van der Waals surface area contributed by atoms with E-state index in [-0.39, 0.29) is 10.7 Å². The van der Waals surface area contributed by atoms with Crippen LogP contribution in [0.15, 0.2) is 72.9 Å². The molecule has 0 saturated carbocycles. The Morgan fingerprint density at radius 3 is 2.45 bits per heavy atom. The second-order valence-corrected chi connectivity index (χ2v) is 6.37. The van der Waals surface area contributed by atoms with Crippen molar-refractivity contribution in [2.75, 3.05) is 11.9 Å². The molecule has 1 atom stereocenters. The molecule has 1 aromatic heterocycles. The molecule has 0 spiro atoms. The van der Waals surface area contributed by atoms with Gasteiger partial charge < -0.3 is 14.8 Å². The second-order valence-electron chi connectivity index (χ2n) is 5.98. The van der Waals surface area contributed by atoms with Gasteiger partial charge in [-0.3, -0.25) is 4.79 Å². The highest BCUT2D eigenvalue weighted by Crippen LogP contribution is 2.27. The molecule has 0 fully saturated rings. The molecule has 6 nitrogen and oxygen atoms in total. The van der Waals surface area contributed by atoms with Crippen LogP contribution in [0.2, 0.25) is 5.15 Å². The normalized spacial score (nSPS) is 11.4. The van der Waals surface area contributed by atoms with E-state index < -0.39 is 18.0 Å². The van der Waals surface area contributed by atoms with Crippen LogP contribution in [0.5, 0.6) is 5.75 Å². The molecule has 0 aliphatic rings. The van der Waals surface area contributed by atoms with Crippen molar-refractivity contribution < 1.29 is 19.1 Å². The number of halogens is 1. The first-order valence-electron chi connectivity index (χ1n) is 8.98. The number of para-hydroxylation sites is 2. The van der Waals surface area contributed by atoms with Gasteiger partial charge in [0.1, 0.15) is 10.9 Å². The molecule has 3 rings (SSSR count). The molecule has 3 aromatic rings. The van der Waals surface area contributed by atoms with Crippen molar-refractivity contribution in [3.05, 3.63) is 89.2 Å². The Balaban J connectivity index is 1.85. The lowest BCUT2D eigenvalue weighted by Crippen LogP contribution is -2.26. The van der Waals surface area contributed by atoms with E-state index in [0.29, 0.717) is 23.6 Å². The van der Waals surface area contributed by atoms with Gasteiger partial charge in [-0.05, 0) is 31.2 Å². The summed E-state index contributed by atoms with van der Waals surface area (Å²) in [7, 11) is 0. The molecule has 0 radical (unpaired) electrons. The molecule has 0 unspecified atom stereocenters. The molecule has 7 heteroatoms. The Bertz CT molecular complexity index is 978. The van der Waals surface area contributed by atoms with Crippen molar-refractivity contribution in [3.63, 3.8) is 0 Å². The van der Waals surface area contributed by atoms with Crippen LogP contribution in [0, 0.1) is 0 Å². The average Bonchev–Trinajstić information content (AvgIpc) is 2.74. The number of esters is 1. The first-order valence-corrected chi connectivity index (χ1v) is 9.36. The number of rotatable bonds is 7. The van der Waals surface area contributed by atoms with Crippen LogP contribution in [0.4, 0.5) is 5.69 Å². The number of nitrogens with zero attached hydrogens (tertiary/aromatic N) is 1. The molecule has 2 aromatic carbocycles. The summed E-state index contributed by atoms with van der Waals surface area (Å²) in [5.41, 5.74) is 1.22. The predicted octanol–water partition coefficient (Wildman–Crippen LogP) is 4.67. The summed E-state index contributed by atoms with van der Waals surface area (Å²) in [4.78, 5) is 29.4. The fraction of sp³-hybridized carbons (Fsp3) is 0.136. The number of nitrogens with one attached hydrogen (secondary N) is 1. The topological polar surface area (TPSA) is 77.5 Å². The predicted molar refractivity (Wildman–Crippen MR) is 110 cm³/mol. The molecule has 0 saturated heterocycles. The molecular weight excluding hydrogens is 392 g/mol. The molecule has 29 heavy (non-hydrogen) atoms. The molecule has 0 aliphatic heterocycles. The van der Waals surface area contributed by atoms with Gasteiger partial charge in [-0.1, -0.05) is 54.1 Å². The molecule has 1 amide bonds. The standard InChI is InChI=1S/C22H19ClN2O4/c1-2-28-18-11-7-6-10-17(18)25-21(26)20(15-8-4-3-5-9-15)29-22(27)16-12-13-19(23)24-14-16/h3-14,20H,2H2,1H3,(H,25,26)/t20-/m1/s1. The van der Waals surface area contributed by atoms with Gasteiger partial charge in [-0.25, -0.2) is 9.78 Å². The number of carbonyl (C=O) groups is 2. The third-order valence-electron chi connectivity index (χ3n) is 3.97. The van der Waals surface area contributed by atoms with Crippen LogP contribution < -0.4 is 10.1 Å². The summed E-state index contributed by atoms with van der Waals surface area (Å²) in [6.07, 6.45) is 0.142. The third-order valence-corrected chi connectivity index (χ3v) is 4.20. The zero-order chi connectivity index (χ0) is 20.6. The van der Waals surface area contributed by atoms with Gasteiger partial charge in [0, 0.05) is 11.8 Å². The van der Waals surface area contributed by atoms with E-state index >= 15 is 0 Å². The Hall–Kier alpha value is -3.38. The van der Waals surface area contributed by atoms with Crippen molar-refractivity contribution in [1.29, 1.82) is 0 Å². The van der Waals surface area contributed by atoms with Gasteiger partial charge in [0.05, 0.1) is 17.9 Å². The van der Waals surface area contributed by atoms with E-state index in [1.807, 2.05) is 19.1 Å². The van der Waals surface area contributed by atoms with E-state index in [4.69, 9.17) is 21.1 Å². The van der Waals surface area contributed by atoms with E-state index in [1.165, 1.54) is 18.3 Å². The van der Waals surface area contributed by atoms with Crippen molar-refractivity contribution in [1.82, 2.24) is 4.98 Å². The maximum Gasteiger partial charge on any atom is 0.340 e. The summed E-state index contributed by atoms with van der Waals surface area (Å²) in [6.45, 7) is 2.31. The van der Waals surface area contributed by atoms with Crippen molar-refractivity contribution in [2.24, 2.45) is 0 Å². The highest BCUT2D eigenvalue weighted by molar-refractivity contribution is 6.29. The summed E-state index contributed by atoms with van der Waals surface area (Å²) in [5.74, 6) is -0.654. The second kappa shape index (κ2) is 9.71. The summed E-state index contributed by atoms with van der Waals surface area (Å²) < 4.78 is 11.1. The first-order chi connectivity index (χ1) is 14.1. The Labute approximate surface area is 173 Å². The lowest BCUT2D eigenvalue weighted by atomic mass is 10.1. The fourth-order valence-electron chi connectivity index (χ4n) is 2.62. The summed E-state index contributed by atoms with van der Waals surface area (Å²) in [6, 6.07) is 18.8. The molecule has 0 bridgehead atoms. The quantitative estimate of drug-likeness (QED) is 0.452. The van der Waals surface area contributed by atoms with E-state index in [1.54, 1.807) is 42.5 Å². The zero-order valence-corrected chi connectivity index (χ0v) is 16.4. The fourth-order valence-corrected chi connectivity index (χ4v) is 2.73. The smallest absolute Gasteiger partial charge is 0.340 e. The molecular formula is C22H19ClN2O4. The van der Waals surface area contributed by atoms with Crippen molar-refractivity contribution in [2.45, 2.75) is 13.0 Å². The molecule has 1 N–H and O–H groups in total. The number of amides is 1. The van der Waals surface area contributed by atoms with Gasteiger partial charge in [0.2, 0.25) is 6.10 Å². The highest BCUT2D eigenvalue weighted by Gasteiger charge is 2.26. The van der Waals surface area contributed by atoms with E-state index in [2.05, 4.69) is 10.3 Å². The minimum Gasteiger partial charge on any atom is -0.492 e. The largest absolute Gasteiger partial charge is 0.492 e.